The van der Waals surface area contributed by atoms with Crippen LogP contribution in [-0.4, -0.2) is 36.2 Å². The Bertz CT molecular complexity index is 940. The Morgan fingerprint density at radius 2 is 2.08 bits per heavy atom. The van der Waals surface area contributed by atoms with Crippen molar-refractivity contribution < 1.29 is 4.79 Å². The van der Waals surface area contributed by atoms with Crippen molar-refractivity contribution in [2.75, 3.05) is 6.26 Å². The number of hydrogen-bond acceptors (Lipinski definition) is 5. The first-order valence-corrected chi connectivity index (χ1v) is 10.0. The molecule has 136 valence electrons. The highest BCUT2D eigenvalue weighted by atomic mass is 32.2. The van der Waals surface area contributed by atoms with Gasteiger partial charge in [0, 0.05) is 19.3 Å². The molecule has 4 rings (SSSR count). The van der Waals surface area contributed by atoms with Crippen molar-refractivity contribution >= 4 is 28.8 Å². The summed E-state index contributed by atoms with van der Waals surface area (Å²) in [6.45, 7) is 0.428. The van der Waals surface area contributed by atoms with E-state index in [1.54, 1.807) is 24.2 Å². The van der Waals surface area contributed by atoms with E-state index in [0.717, 1.165) is 22.0 Å². The number of hydrogen-bond donors (Lipinski definition) is 1. The molecule has 3 aromatic rings. The van der Waals surface area contributed by atoms with E-state index >= 15 is 0 Å². The molecule has 0 spiro atoms. The number of imidazole rings is 2. The van der Waals surface area contributed by atoms with Gasteiger partial charge in [-0.3, -0.25) is 4.79 Å². The van der Waals surface area contributed by atoms with Gasteiger partial charge in [0.1, 0.15) is 5.52 Å². The molecule has 1 saturated carbocycles. The fraction of sp³-hybridized carbons (Fsp3) is 0.444. The van der Waals surface area contributed by atoms with Crippen molar-refractivity contribution in [2.45, 2.75) is 43.4 Å². The Balaban J connectivity index is 1.49. The van der Waals surface area contributed by atoms with E-state index in [4.69, 9.17) is 0 Å². The van der Waals surface area contributed by atoms with Gasteiger partial charge in [0.15, 0.2) is 10.8 Å². The minimum atomic E-state index is -0.151. The summed E-state index contributed by atoms with van der Waals surface area (Å²) >= 11 is 1.58. The second-order valence-corrected chi connectivity index (χ2v) is 7.41. The highest BCUT2D eigenvalue weighted by Crippen LogP contribution is 2.31. The van der Waals surface area contributed by atoms with Gasteiger partial charge in [0.25, 0.3) is 5.91 Å². The number of carbonyl (C=O) groups excluding carboxylic acids is 1. The molecule has 7 nitrogen and oxygen atoms in total. The second-order valence-electron chi connectivity index (χ2n) is 6.63. The molecule has 0 atom stereocenters. The molecule has 3 heterocycles. The molecule has 0 saturated heterocycles. The van der Waals surface area contributed by atoms with Gasteiger partial charge in [0.2, 0.25) is 0 Å². The summed E-state index contributed by atoms with van der Waals surface area (Å²) in [5.41, 5.74) is 3.13. The van der Waals surface area contributed by atoms with Crippen LogP contribution in [0.5, 0.6) is 0 Å². The molecule has 0 aromatic carbocycles. The number of thioether (sulfide) groups is 1. The lowest BCUT2D eigenvalue weighted by Crippen LogP contribution is -2.24. The SMILES string of the molecule is CSc1ncc(CNC(=O)c2cnc3c(c2)ncn3C2CCCC2)n1C. The van der Waals surface area contributed by atoms with Crippen molar-refractivity contribution in [2.24, 2.45) is 7.05 Å². The number of carbonyl (C=O) groups is 1. The zero-order valence-corrected chi connectivity index (χ0v) is 15.8. The molecule has 1 fully saturated rings. The van der Waals surface area contributed by atoms with Crippen LogP contribution in [-0.2, 0) is 13.6 Å². The third kappa shape index (κ3) is 3.09. The molecule has 0 bridgehead atoms. The zero-order valence-electron chi connectivity index (χ0n) is 15.0. The van der Waals surface area contributed by atoms with E-state index in [1.165, 1.54) is 25.7 Å². The molecule has 3 aromatic heterocycles. The van der Waals surface area contributed by atoms with Gasteiger partial charge in [-0.05, 0) is 25.2 Å². The summed E-state index contributed by atoms with van der Waals surface area (Å²) < 4.78 is 4.14. The lowest BCUT2D eigenvalue weighted by atomic mass is 10.2. The number of amides is 1. The molecule has 1 aliphatic carbocycles. The fourth-order valence-electron chi connectivity index (χ4n) is 3.55. The highest BCUT2D eigenvalue weighted by Gasteiger charge is 2.20. The average Bonchev–Trinajstić information content (AvgIpc) is 3.38. The van der Waals surface area contributed by atoms with Crippen LogP contribution >= 0.6 is 11.8 Å². The number of aromatic nitrogens is 5. The number of rotatable bonds is 5. The van der Waals surface area contributed by atoms with Gasteiger partial charge in [-0.1, -0.05) is 24.6 Å². The first-order chi connectivity index (χ1) is 12.7. The van der Waals surface area contributed by atoms with E-state index in [1.807, 2.05) is 30.3 Å². The molecule has 0 unspecified atom stereocenters. The summed E-state index contributed by atoms with van der Waals surface area (Å²) in [7, 11) is 1.95. The molecule has 1 N–H and O–H groups in total. The zero-order chi connectivity index (χ0) is 18.1. The second kappa shape index (κ2) is 7.11. The van der Waals surface area contributed by atoms with Gasteiger partial charge in [-0.15, -0.1) is 0 Å². The van der Waals surface area contributed by atoms with Crippen LogP contribution in [0, 0.1) is 0 Å². The topological polar surface area (TPSA) is 77.6 Å². The van der Waals surface area contributed by atoms with Crippen LogP contribution < -0.4 is 5.32 Å². The van der Waals surface area contributed by atoms with Crippen LogP contribution in [0.1, 0.15) is 47.8 Å². The summed E-state index contributed by atoms with van der Waals surface area (Å²) in [5.74, 6) is -0.151. The third-order valence-corrected chi connectivity index (χ3v) is 5.79. The monoisotopic (exact) mass is 370 g/mol. The number of pyridine rings is 1. The molecule has 1 amide bonds. The number of nitrogens with one attached hydrogen (secondary N) is 1. The smallest absolute Gasteiger partial charge is 0.253 e. The van der Waals surface area contributed by atoms with Crippen LogP contribution in [0.3, 0.4) is 0 Å². The quantitative estimate of drug-likeness (QED) is 0.699. The van der Waals surface area contributed by atoms with E-state index < -0.39 is 0 Å². The van der Waals surface area contributed by atoms with Crippen molar-refractivity contribution in [1.29, 1.82) is 0 Å². The lowest BCUT2D eigenvalue weighted by Gasteiger charge is -2.11. The third-order valence-electron chi connectivity index (χ3n) is 5.05. The summed E-state index contributed by atoms with van der Waals surface area (Å²) in [6.07, 6.45) is 12.1. The van der Waals surface area contributed by atoms with E-state index in [9.17, 15) is 4.79 Å². The van der Waals surface area contributed by atoms with E-state index in [2.05, 4.69) is 24.8 Å². The Kier molecular flexibility index (Phi) is 4.67. The molecular weight excluding hydrogens is 348 g/mol. The molecule has 26 heavy (non-hydrogen) atoms. The van der Waals surface area contributed by atoms with Crippen molar-refractivity contribution in [1.82, 2.24) is 29.4 Å². The number of fused-ring (bicyclic) bond motifs is 1. The first-order valence-electron chi connectivity index (χ1n) is 8.82. The van der Waals surface area contributed by atoms with Gasteiger partial charge in [-0.25, -0.2) is 15.0 Å². The van der Waals surface area contributed by atoms with Gasteiger partial charge < -0.3 is 14.5 Å². The summed E-state index contributed by atoms with van der Waals surface area (Å²) in [6, 6.07) is 2.31. The minimum Gasteiger partial charge on any atom is -0.346 e. The standard InChI is InChI=1S/C18H22N6OS/c1-23-14(10-21-18(23)26-2)9-20-17(25)12-7-15-16(19-8-12)24(11-22-15)13-5-3-4-6-13/h7-8,10-11,13H,3-6,9H2,1-2H3,(H,20,25). The van der Waals surface area contributed by atoms with Crippen molar-refractivity contribution in [3.8, 4) is 0 Å². The molecule has 0 aliphatic heterocycles. The van der Waals surface area contributed by atoms with Gasteiger partial charge in [-0.2, -0.15) is 0 Å². The largest absolute Gasteiger partial charge is 0.346 e. The minimum absolute atomic E-state index is 0.151. The van der Waals surface area contributed by atoms with Crippen molar-refractivity contribution in [3.05, 3.63) is 36.0 Å². The van der Waals surface area contributed by atoms with Gasteiger partial charge in [0.05, 0.1) is 30.3 Å². The Morgan fingerprint density at radius 1 is 1.27 bits per heavy atom. The normalized spacial score (nSPS) is 15.0. The van der Waals surface area contributed by atoms with Crippen LogP contribution in [0.25, 0.3) is 11.2 Å². The Labute approximate surface area is 156 Å². The Morgan fingerprint density at radius 3 is 2.81 bits per heavy atom. The molecule has 8 heteroatoms. The maximum atomic E-state index is 12.5. The maximum absolute atomic E-state index is 12.5. The Hall–Kier alpha value is -2.35. The van der Waals surface area contributed by atoms with Gasteiger partial charge >= 0.3 is 0 Å². The predicted molar refractivity (Wildman–Crippen MR) is 101 cm³/mol. The van der Waals surface area contributed by atoms with Crippen LogP contribution in [0.4, 0.5) is 0 Å². The number of nitrogens with zero attached hydrogens (tertiary/aromatic N) is 5. The van der Waals surface area contributed by atoms with E-state index in [0.29, 0.717) is 18.2 Å². The average molecular weight is 370 g/mol. The first kappa shape index (κ1) is 17.1. The molecule has 0 radical (unpaired) electrons. The molecule has 1 aliphatic rings. The predicted octanol–water partition coefficient (Wildman–Crippen LogP) is 2.93. The van der Waals surface area contributed by atoms with Crippen LogP contribution in [0.15, 0.2) is 29.9 Å². The lowest BCUT2D eigenvalue weighted by molar-refractivity contribution is 0.0950. The summed E-state index contributed by atoms with van der Waals surface area (Å²) in [5, 5.41) is 3.86. The van der Waals surface area contributed by atoms with E-state index in [-0.39, 0.29) is 5.91 Å². The molecular formula is C18H22N6OS. The highest BCUT2D eigenvalue weighted by molar-refractivity contribution is 7.98. The van der Waals surface area contributed by atoms with Crippen LogP contribution in [0.2, 0.25) is 0 Å². The summed E-state index contributed by atoms with van der Waals surface area (Å²) in [4.78, 5) is 25.8. The fourth-order valence-corrected chi connectivity index (χ4v) is 4.09. The maximum Gasteiger partial charge on any atom is 0.253 e. The van der Waals surface area contributed by atoms with Crippen molar-refractivity contribution in [3.63, 3.8) is 0 Å².